The van der Waals surface area contributed by atoms with Crippen LogP contribution in [0, 0.1) is 0 Å². The number of aliphatic hydroxyl groups is 1. The molecular weight excluding hydrogens is 220 g/mol. The third-order valence-electron chi connectivity index (χ3n) is 2.36. The molecule has 0 aliphatic carbocycles. The van der Waals surface area contributed by atoms with Crippen molar-refractivity contribution in [3.05, 3.63) is 47.8 Å². The molecule has 2 aromatic rings. The third kappa shape index (κ3) is 2.19. The fourth-order valence-corrected chi connectivity index (χ4v) is 1.51. The first-order chi connectivity index (χ1) is 8.26. The van der Waals surface area contributed by atoms with Crippen LogP contribution < -0.4 is 0 Å². The molecular formula is C12H12N2O3. The summed E-state index contributed by atoms with van der Waals surface area (Å²) in [5.41, 5.74) is 1.40. The zero-order valence-electron chi connectivity index (χ0n) is 9.33. The lowest BCUT2D eigenvalue weighted by Crippen LogP contribution is -2.06. The van der Waals surface area contributed by atoms with Gasteiger partial charge in [-0.05, 0) is 12.1 Å². The molecule has 5 nitrogen and oxygen atoms in total. The number of aromatic nitrogens is 2. The summed E-state index contributed by atoms with van der Waals surface area (Å²) in [7, 11) is 1.28. The second kappa shape index (κ2) is 4.80. The van der Waals surface area contributed by atoms with E-state index in [-0.39, 0.29) is 12.3 Å². The Kier molecular flexibility index (Phi) is 3.20. The molecule has 0 fully saturated rings. The first kappa shape index (κ1) is 11.3. The van der Waals surface area contributed by atoms with Crippen LogP contribution in [-0.4, -0.2) is 28.0 Å². The van der Waals surface area contributed by atoms with E-state index in [1.165, 1.54) is 11.8 Å². The van der Waals surface area contributed by atoms with Gasteiger partial charge in [-0.25, -0.2) is 9.48 Å². The van der Waals surface area contributed by atoms with E-state index < -0.39 is 5.97 Å². The van der Waals surface area contributed by atoms with Crippen LogP contribution in [0.25, 0.3) is 5.69 Å². The first-order valence-electron chi connectivity index (χ1n) is 5.09. The summed E-state index contributed by atoms with van der Waals surface area (Å²) >= 11 is 0. The summed E-state index contributed by atoms with van der Waals surface area (Å²) in [5, 5.41) is 13.3. The number of esters is 1. The third-order valence-corrected chi connectivity index (χ3v) is 2.36. The van der Waals surface area contributed by atoms with Gasteiger partial charge in [-0.2, -0.15) is 5.10 Å². The highest BCUT2D eigenvalue weighted by Crippen LogP contribution is 2.13. The lowest BCUT2D eigenvalue weighted by Gasteiger charge is -1.99. The van der Waals surface area contributed by atoms with Crippen molar-refractivity contribution in [2.24, 2.45) is 0 Å². The monoisotopic (exact) mass is 232 g/mol. The van der Waals surface area contributed by atoms with E-state index in [1.807, 2.05) is 30.3 Å². The molecule has 88 valence electrons. The van der Waals surface area contributed by atoms with Crippen molar-refractivity contribution < 1.29 is 14.6 Å². The average molecular weight is 232 g/mol. The van der Waals surface area contributed by atoms with Crippen molar-refractivity contribution in [2.75, 3.05) is 7.11 Å². The molecule has 0 bridgehead atoms. The normalized spacial score (nSPS) is 10.2. The van der Waals surface area contributed by atoms with E-state index in [0.717, 1.165) is 5.69 Å². The lowest BCUT2D eigenvalue weighted by molar-refractivity contribution is 0.0590. The maximum absolute atomic E-state index is 11.4. The zero-order valence-corrected chi connectivity index (χ0v) is 9.33. The minimum absolute atomic E-state index is 0.138. The number of ether oxygens (including phenoxy) is 1. The predicted molar refractivity (Wildman–Crippen MR) is 60.8 cm³/mol. The minimum atomic E-state index is -0.552. The Morgan fingerprint density at radius 3 is 2.71 bits per heavy atom. The van der Waals surface area contributed by atoms with Gasteiger partial charge in [0.2, 0.25) is 0 Å². The van der Waals surface area contributed by atoms with Gasteiger partial charge in [-0.15, -0.1) is 0 Å². The van der Waals surface area contributed by atoms with E-state index in [9.17, 15) is 4.79 Å². The lowest BCUT2D eigenvalue weighted by atomic mass is 10.2. The molecule has 0 spiro atoms. The molecule has 5 heteroatoms. The van der Waals surface area contributed by atoms with Crippen LogP contribution >= 0.6 is 0 Å². The second-order valence-corrected chi connectivity index (χ2v) is 3.43. The van der Waals surface area contributed by atoms with Gasteiger partial charge in [0.1, 0.15) is 0 Å². The van der Waals surface area contributed by atoms with Crippen LogP contribution in [0.3, 0.4) is 0 Å². The molecule has 1 aromatic carbocycles. The molecule has 0 aliphatic heterocycles. The molecule has 0 saturated heterocycles. The molecule has 0 unspecified atom stereocenters. The van der Waals surface area contributed by atoms with Gasteiger partial charge in [0.05, 0.1) is 19.4 Å². The van der Waals surface area contributed by atoms with Gasteiger partial charge in [0.25, 0.3) is 0 Å². The van der Waals surface area contributed by atoms with E-state index in [4.69, 9.17) is 5.11 Å². The minimum Gasteiger partial charge on any atom is -0.464 e. The Morgan fingerprint density at radius 2 is 2.12 bits per heavy atom. The average Bonchev–Trinajstić information content (AvgIpc) is 2.83. The molecule has 0 amide bonds. The van der Waals surface area contributed by atoms with Crippen LogP contribution in [0.15, 0.2) is 36.5 Å². The van der Waals surface area contributed by atoms with Gasteiger partial charge in [-0.3, -0.25) is 0 Å². The Morgan fingerprint density at radius 1 is 1.41 bits per heavy atom. The van der Waals surface area contributed by atoms with Gasteiger partial charge in [0, 0.05) is 11.8 Å². The zero-order chi connectivity index (χ0) is 12.3. The van der Waals surface area contributed by atoms with Crippen molar-refractivity contribution in [3.8, 4) is 5.69 Å². The van der Waals surface area contributed by atoms with Gasteiger partial charge < -0.3 is 9.84 Å². The SMILES string of the molecule is COC(=O)c1nn(-c2ccccc2)cc1CO. The predicted octanol–water partition coefficient (Wildman–Crippen LogP) is 1.15. The number of methoxy groups -OCH3 is 1. The van der Waals surface area contributed by atoms with Crippen LogP contribution in [0.1, 0.15) is 16.1 Å². The summed E-state index contributed by atoms with van der Waals surface area (Å²) in [6, 6.07) is 9.34. The fourth-order valence-electron chi connectivity index (χ4n) is 1.51. The van der Waals surface area contributed by atoms with Gasteiger partial charge >= 0.3 is 5.97 Å². The molecule has 1 heterocycles. The Balaban J connectivity index is 2.45. The molecule has 2 rings (SSSR count). The second-order valence-electron chi connectivity index (χ2n) is 3.43. The first-order valence-corrected chi connectivity index (χ1v) is 5.09. The van der Waals surface area contributed by atoms with E-state index in [0.29, 0.717) is 5.56 Å². The van der Waals surface area contributed by atoms with Gasteiger partial charge in [0.15, 0.2) is 5.69 Å². The summed E-state index contributed by atoms with van der Waals surface area (Å²) in [6.07, 6.45) is 1.61. The highest BCUT2D eigenvalue weighted by atomic mass is 16.5. The molecule has 17 heavy (non-hydrogen) atoms. The molecule has 0 radical (unpaired) electrons. The molecule has 0 aliphatic rings. The van der Waals surface area contributed by atoms with Crippen molar-refractivity contribution in [2.45, 2.75) is 6.61 Å². The fraction of sp³-hybridized carbons (Fsp3) is 0.167. The number of carbonyl (C=O) groups excluding carboxylic acids is 1. The highest BCUT2D eigenvalue weighted by Gasteiger charge is 2.16. The molecule has 1 aromatic heterocycles. The largest absolute Gasteiger partial charge is 0.464 e. The smallest absolute Gasteiger partial charge is 0.358 e. The number of para-hydroxylation sites is 1. The topological polar surface area (TPSA) is 64.3 Å². The molecule has 1 N–H and O–H groups in total. The summed E-state index contributed by atoms with van der Waals surface area (Å²) in [5.74, 6) is -0.552. The summed E-state index contributed by atoms with van der Waals surface area (Å²) in [6.45, 7) is -0.253. The number of aliphatic hydroxyl groups excluding tert-OH is 1. The molecule has 0 saturated carbocycles. The van der Waals surface area contributed by atoms with Crippen LogP contribution in [0.5, 0.6) is 0 Å². The maximum Gasteiger partial charge on any atom is 0.358 e. The van der Waals surface area contributed by atoms with Crippen molar-refractivity contribution >= 4 is 5.97 Å². The van der Waals surface area contributed by atoms with E-state index in [2.05, 4.69) is 9.84 Å². The number of hydrogen-bond donors (Lipinski definition) is 1. The number of rotatable bonds is 3. The number of hydrogen-bond acceptors (Lipinski definition) is 4. The quantitative estimate of drug-likeness (QED) is 0.806. The Labute approximate surface area is 98.3 Å². The number of benzene rings is 1. The molecule has 0 atom stereocenters. The van der Waals surface area contributed by atoms with E-state index in [1.54, 1.807) is 6.20 Å². The van der Waals surface area contributed by atoms with Crippen molar-refractivity contribution in [1.29, 1.82) is 0 Å². The standard InChI is InChI=1S/C12H12N2O3/c1-17-12(16)11-9(8-15)7-14(13-11)10-5-3-2-4-6-10/h2-7,15H,8H2,1H3. The van der Waals surface area contributed by atoms with Crippen molar-refractivity contribution in [1.82, 2.24) is 9.78 Å². The maximum atomic E-state index is 11.4. The van der Waals surface area contributed by atoms with Crippen LogP contribution in [0.2, 0.25) is 0 Å². The van der Waals surface area contributed by atoms with Crippen molar-refractivity contribution in [3.63, 3.8) is 0 Å². The Bertz CT molecular complexity index is 520. The Hall–Kier alpha value is -2.14. The number of carbonyl (C=O) groups is 1. The van der Waals surface area contributed by atoms with Crippen LogP contribution in [0.4, 0.5) is 0 Å². The number of nitrogens with zero attached hydrogens (tertiary/aromatic N) is 2. The highest BCUT2D eigenvalue weighted by molar-refractivity contribution is 5.88. The summed E-state index contributed by atoms with van der Waals surface area (Å²) < 4.78 is 6.14. The van der Waals surface area contributed by atoms with Gasteiger partial charge in [-0.1, -0.05) is 18.2 Å². The van der Waals surface area contributed by atoms with Crippen LogP contribution in [-0.2, 0) is 11.3 Å². The van der Waals surface area contributed by atoms with E-state index >= 15 is 0 Å². The summed E-state index contributed by atoms with van der Waals surface area (Å²) in [4.78, 5) is 11.4.